The van der Waals surface area contributed by atoms with Crippen molar-refractivity contribution in [2.45, 2.75) is 32.1 Å². The Labute approximate surface area is 111 Å². The molecule has 1 aromatic carbocycles. The minimum absolute atomic E-state index is 0.213. The predicted octanol–water partition coefficient (Wildman–Crippen LogP) is 2.92. The number of piperidine rings is 1. The van der Waals surface area contributed by atoms with Gasteiger partial charge in [-0.3, -0.25) is 4.90 Å². The lowest BCUT2D eigenvalue weighted by molar-refractivity contribution is -0.185. The lowest BCUT2D eigenvalue weighted by Gasteiger charge is -2.32. The molecule has 1 aromatic rings. The second-order valence-electron chi connectivity index (χ2n) is 5.11. The first-order valence-electron chi connectivity index (χ1n) is 6.56. The first kappa shape index (κ1) is 14.3. The molecule has 0 unspecified atom stereocenters. The van der Waals surface area contributed by atoms with Gasteiger partial charge in [-0.1, -0.05) is 24.3 Å². The van der Waals surface area contributed by atoms with Gasteiger partial charge in [0, 0.05) is 13.1 Å². The quantitative estimate of drug-likeness (QED) is 0.916. The molecule has 0 amide bonds. The first-order valence-corrected chi connectivity index (χ1v) is 6.56. The normalized spacial score (nSPS) is 18.7. The van der Waals surface area contributed by atoms with Crippen LogP contribution < -0.4 is 5.73 Å². The summed E-state index contributed by atoms with van der Waals surface area (Å²) in [6.07, 6.45) is -3.61. The minimum atomic E-state index is -4.03. The van der Waals surface area contributed by atoms with Gasteiger partial charge in [0.15, 0.2) is 0 Å². The van der Waals surface area contributed by atoms with Gasteiger partial charge in [-0.25, -0.2) is 0 Å². The summed E-state index contributed by atoms with van der Waals surface area (Å²) in [5, 5.41) is 0. The fourth-order valence-corrected chi connectivity index (χ4v) is 2.46. The van der Waals surface area contributed by atoms with E-state index in [-0.39, 0.29) is 12.8 Å². The van der Waals surface area contributed by atoms with E-state index in [0.29, 0.717) is 19.6 Å². The number of nitrogens with zero attached hydrogens (tertiary/aromatic N) is 1. The van der Waals surface area contributed by atoms with Gasteiger partial charge in [-0.15, -0.1) is 0 Å². The summed E-state index contributed by atoms with van der Waals surface area (Å²) >= 11 is 0. The molecule has 1 fully saturated rings. The molecule has 1 aliphatic heterocycles. The van der Waals surface area contributed by atoms with Gasteiger partial charge in [-0.2, -0.15) is 13.2 Å². The maximum atomic E-state index is 12.5. The summed E-state index contributed by atoms with van der Waals surface area (Å²) in [4.78, 5) is 2.08. The summed E-state index contributed by atoms with van der Waals surface area (Å²) in [5.74, 6) is -1.12. The molecule has 0 atom stereocenters. The van der Waals surface area contributed by atoms with E-state index in [4.69, 9.17) is 5.73 Å². The van der Waals surface area contributed by atoms with Crippen LogP contribution in [0, 0.1) is 5.92 Å². The number of hydrogen-bond acceptors (Lipinski definition) is 2. The van der Waals surface area contributed by atoms with Gasteiger partial charge >= 0.3 is 6.18 Å². The number of hydrogen-bond donors (Lipinski definition) is 1. The molecular weight excluding hydrogens is 253 g/mol. The molecule has 5 heteroatoms. The van der Waals surface area contributed by atoms with E-state index in [1.54, 1.807) is 0 Å². The summed E-state index contributed by atoms with van der Waals surface area (Å²) in [7, 11) is 0. The van der Waals surface area contributed by atoms with Gasteiger partial charge in [0.05, 0.1) is 5.92 Å². The van der Waals surface area contributed by atoms with Crippen LogP contribution in [0.15, 0.2) is 24.3 Å². The van der Waals surface area contributed by atoms with E-state index in [2.05, 4.69) is 4.90 Å². The second kappa shape index (κ2) is 5.92. The van der Waals surface area contributed by atoms with Gasteiger partial charge < -0.3 is 5.73 Å². The average molecular weight is 272 g/mol. The van der Waals surface area contributed by atoms with Crippen LogP contribution in [0.25, 0.3) is 0 Å². The SMILES string of the molecule is NCc1ccc(CN2CCC(C(F)(F)F)CC2)cc1. The molecule has 2 nitrogen and oxygen atoms in total. The molecule has 1 aliphatic rings. The van der Waals surface area contributed by atoms with Gasteiger partial charge in [0.2, 0.25) is 0 Å². The third-order valence-electron chi connectivity index (χ3n) is 3.72. The van der Waals surface area contributed by atoms with Crippen molar-refractivity contribution in [1.29, 1.82) is 0 Å². The molecule has 0 radical (unpaired) electrons. The Hall–Kier alpha value is -1.07. The fourth-order valence-electron chi connectivity index (χ4n) is 2.46. The summed E-state index contributed by atoms with van der Waals surface area (Å²) < 4.78 is 37.6. The van der Waals surface area contributed by atoms with Crippen LogP contribution in [0.5, 0.6) is 0 Å². The lowest BCUT2D eigenvalue weighted by atomic mass is 9.96. The van der Waals surface area contributed by atoms with E-state index in [9.17, 15) is 13.2 Å². The Morgan fingerprint density at radius 2 is 1.58 bits per heavy atom. The van der Waals surface area contributed by atoms with Crippen molar-refractivity contribution in [1.82, 2.24) is 4.90 Å². The predicted molar refractivity (Wildman–Crippen MR) is 68.4 cm³/mol. The molecule has 106 valence electrons. The highest BCUT2D eigenvalue weighted by Gasteiger charge is 2.40. The van der Waals surface area contributed by atoms with E-state index in [0.717, 1.165) is 17.7 Å². The highest BCUT2D eigenvalue weighted by Crippen LogP contribution is 2.34. The first-order chi connectivity index (χ1) is 8.99. The maximum absolute atomic E-state index is 12.5. The monoisotopic (exact) mass is 272 g/mol. The van der Waals surface area contributed by atoms with Crippen LogP contribution in [-0.4, -0.2) is 24.2 Å². The highest BCUT2D eigenvalue weighted by atomic mass is 19.4. The Kier molecular flexibility index (Phi) is 4.47. The van der Waals surface area contributed by atoms with Crippen molar-refractivity contribution in [3.05, 3.63) is 35.4 Å². The number of rotatable bonds is 3. The van der Waals surface area contributed by atoms with Gasteiger partial charge in [0.25, 0.3) is 0 Å². The third kappa shape index (κ3) is 3.94. The zero-order valence-corrected chi connectivity index (χ0v) is 10.8. The Balaban J connectivity index is 1.85. The minimum Gasteiger partial charge on any atom is -0.326 e. The molecule has 0 spiro atoms. The molecular formula is C14H19F3N2. The van der Waals surface area contributed by atoms with Gasteiger partial charge in [0.1, 0.15) is 0 Å². The fraction of sp³-hybridized carbons (Fsp3) is 0.571. The topological polar surface area (TPSA) is 29.3 Å². The average Bonchev–Trinajstić information content (AvgIpc) is 2.39. The Morgan fingerprint density at radius 1 is 1.05 bits per heavy atom. The zero-order valence-electron chi connectivity index (χ0n) is 10.8. The van der Waals surface area contributed by atoms with E-state index < -0.39 is 12.1 Å². The third-order valence-corrected chi connectivity index (χ3v) is 3.72. The molecule has 2 rings (SSSR count). The maximum Gasteiger partial charge on any atom is 0.391 e. The van der Waals surface area contributed by atoms with Crippen molar-refractivity contribution >= 4 is 0 Å². The van der Waals surface area contributed by atoms with Crippen LogP contribution >= 0.6 is 0 Å². The molecule has 0 aromatic heterocycles. The molecule has 1 saturated heterocycles. The van der Waals surface area contributed by atoms with Crippen molar-refractivity contribution in [2.75, 3.05) is 13.1 Å². The van der Waals surface area contributed by atoms with Crippen molar-refractivity contribution in [2.24, 2.45) is 11.7 Å². The molecule has 0 bridgehead atoms. The zero-order chi connectivity index (χ0) is 13.9. The van der Waals surface area contributed by atoms with Crippen molar-refractivity contribution < 1.29 is 13.2 Å². The van der Waals surface area contributed by atoms with Gasteiger partial charge in [-0.05, 0) is 37.1 Å². The molecule has 0 aliphatic carbocycles. The van der Waals surface area contributed by atoms with E-state index >= 15 is 0 Å². The largest absolute Gasteiger partial charge is 0.391 e. The lowest BCUT2D eigenvalue weighted by Crippen LogP contribution is -2.38. The molecule has 2 N–H and O–H groups in total. The smallest absolute Gasteiger partial charge is 0.326 e. The number of alkyl halides is 3. The molecule has 1 heterocycles. The molecule has 19 heavy (non-hydrogen) atoms. The van der Waals surface area contributed by atoms with Crippen molar-refractivity contribution in [3.8, 4) is 0 Å². The summed E-state index contributed by atoms with van der Waals surface area (Å²) in [5.41, 5.74) is 7.72. The summed E-state index contributed by atoms with van der Waals surface area (Å²) in [6.45, 7) is 2.26. The standard InChI is InChI=1S/C14H19F3N2/c15-14(16,17)13-5-7-19(8-6-13)10-12-3-1-11(9-18)2-4-12/h1-4,13H,5-10,18H2. The van der Waals surface area contributed by atoms with Crippen LogP contribution in [-0.2, 0) is 13.1 Å². The number of likely N-dealkylation sites (tertiary alicyclic amines) is 1. The number of halogens is 3. The van der Waals surface area contributed by atoms with E-state index in [1.807, 2.05) is 24.3 Å². The van der Waals surface area contributed by atoms with Crippen molar-refractivity contribution in [3.63, 3.8) is 0 Å². The van der Waals surface area contributed by atoms with Crippen LogP contribution in [0.2, 0.25) is 0 Å². The van der Waals surface area contributed by atoms with Crippen LogP contribution in [0.1, 0.15) is 24.0 Å². The Bertz CT molecular complexity index is 392. The second-order valence-corrected chi connectivity index (χ2v) is 5.11. The van der Waals surface area contributed by atoms with Crippen LogP contribution in [0.3, 0.4) is 0 Å². The number of benzene rings is 1. The molecule has 0 saturated carbocycles. The summed E-state index contributed by atoms with van der Waals surface area (Å²) in [6, 6.07) is 7.94. The van der Waals surface area contributed by atoms with E-state index in [1.165, 1.54) is 0 Å². The number of nitrogens with two attached hydrogens (primary N) is 1. The highest BCUT2D eigenvalue weighted by molar-refractivity contribution is 5.22. The van der Waals surface area contributed by atoms with Crippen LogP contribution in [0.4, 0.5) is 13.2 Å². The Morgan fingerprint density at radius 3 is 2.05 bits per heavy atom.